The minimum atomic E-state index is 0.238. The second-order valence-corrected chi connectivity index (χ2v) is 35.6. The Morgan fingerprint density at radius 1 is 0.255 bits per heavy atom. The molecular formula is C85H197N9. The maximum atomic E-state index is 3.72. The Morgan fingerprint density at radius 2 is 0.532 bits per heavy atom. The van der Waals surface area contributed by atoms with Crippen molar-refractivity contribution in [1.29, 1.82) is 0 Å². The highest BCUT2D eigenvalue weighted by molar-refractivity contribution is 4.91. The first-order valence-corrected chi connectivity index (χ1v) is 40.5. The Labute approximate surface area is 601 Å². The molecule has 9 N–H and O–H groups in total. The van der Waals surface area contributed by atoms with E-state index in [1.807, 2.05) is 0 Å². The van der Waals surface area contributed by atoms with Gasteiger partial charge < -0.3 is 47.9 Å². The molecule has 0 spiro atoms. The highest BCUT2D eigenvalue weighted by atomic mass is 15.0. The summed E-state index contributed by atoms with van der Waals surface area (Å²) in [5, 5.41) is 32.0. The van der Waals surface area contributed by atoms with Gasteiger partial charge in [0, 0.05) is 80.6 Å². The third-order valence-corrected chi connectivity index (χ3v) is 17.9. The maximum absolute atomic E-state index is 3.72. The van der Waals surface area contributed by atoms with E-state index in [0.717, 1.165) is 50.0 Å². The number of hydrogen-bond acceptors (Lipinski definition) is 9. The maximum Gasteiger partial charge on any atom is 0.0178 e. The van der Waals surface area contributed by atoms with Crippen molar-refractivity contribution in [1.82, 2.24) is 47.9 Å². The van der Waals surface area contributed by atoms with Crippen LogP contribution >= 0.6 is 0 Å². The molecule has 3 unspecified atom stereocenters. The lowest BCUT2D eigenvalue weighted by atomic mass is 9.87. The van der Waals surface area contributed by atoms with Crippen LogP contribution in [0.2, 0.25) is 0 Å². The zero-order valence-electron chi connectivity index (χ0n) is 74.8. The van der Waals surface area contributed by atoms with Crippen molar-refractivity contribution >= 4 is 0 Å². The molecule has 0 amide bonds. The molecule has 0 aliphatic heterocycles. The smallest absolute Gasteiger partial charge is 0.0178 e. The normalized spacial score (nSPS) is 13.4. The predicted octanol–water partition coefficient (Wildman–Crippen LogP) is 24.1. The topological polar surface area (TPSA) is 108 Å². The summed E-state index contributed by atoms with van der Waals surface area (Å²) in [6.45, 7) is 105. The Morgan fingerprint density at radius 3 is 0.681 bits per heavy atom. The summed E-state index contributed by atoms with van der Waals surface area (Å²) in [4.78, 5) is 0. The van der Waals surface area contributed by atoms with E-state index >= 15 is 0 Å². The molecule has 0 aromatic heterocycles. The molecule has 3 atom stereocenters. The Hall–Kier alpha value is -0.360. The van der Waals surface area contributed by atoms with E-state index in [2.05, 4.69) is 359 Å². The van der Waals surface area contributed by atoms with Crippen LogP contribution < -0.4 is 47.9 Å². The standard InChI is InChI=1S/2C11H25N.2C10H23N.3C9H21N.2C8H19N/c2*1-7-11(8-2,9-3)12-10(4,5)6;1-6-9(2)7-11-8-10(3,4)5;1-6-10(7-2,8-3)11-9(4)5;1-6-8(2)7-10-9(3,4)5;2*1-6-8(7-2)10-9(3,4)5;1-5-8(4)6-9-7(2)3;1-5-8(6-2)9-7(3)4/h2*12H,7-9H2,1-6H3;2*9,11H,6-8H2,1-5H3;3*8,10H,6-7H2,1-5H3;2*7-9H,5-6H2,1-4H3. The summed E-state index contributed by atoms with van der Waals surface area (Å²) in [6, 6.07) is 3.99. The van der Waals surface area contributed by atoms with Crippen LogP contribution in [0.5, 0.6) is 0 Å². The van der Waals surface area contributed by atoms with Crippen LogP contribution in [0.4, 0.5) is 0 Å². The van der Waals surface area contributed by atoms with Crippen LogP contribution in [0.1, 0.15) is 427 Å². The predicted molar refractivity (Wildman–Crippen MR) is 444 cm³/mol. The number of nitrogens with one attached hydrogen (secondary N) is 9. The Kier molecular flexibility index (Phi) is 74.5. The van der Waals surface area contributed by atoms with Crippen molar-refractivity contribution in [2.75, 3.05) is 26.2 Å². The monoisotopic (exact) mass is 1340 g/mol. The van der Waals surface area contributed by atoms with Crippen LogP contribution in [0.3, 0.4) is 0 Å². The van der Waals surface area contributed by atoms with Crippen LogP contribution in [0.15, 0.2) is 0 Å². The SMILES string of the molecule is CCC(C)CNC(C)(C)C.CCC(C)CNC(C)C.CCC(C)CNCC(C)(C)C.CCC(CC)(CC)NC(C)(C)C.CCC(CC)(CC)NC(C)(C)C.CCC(CC)(CC)NC(C)C.CCC(CC)NC(C)(C)C.CCC(CC)NC(C)(C)C.CCC(CC)NC(C)C. The fourth-order valence-corrected chi connectivity index (χ4v) is 10.5. The number of rotatable bonds is 34. The van der Waals surface area contributed by atoms with Crippen LogP contribution in [-0.4, -0.2) is 107 Å². The molecule has 0 aromatic carbocycles. The molecule has 0 aliphatic rings. The zero-order valence-corrected chi connectivity index (χ0v) is 74.8. The first-order chi connectivity index (χ1) is 42.6. The fraction of sp³-hybridized carbons (Fsp3) is 1.00. The average molecular weight is 1350 g/mol. The van der Waals surface area contributed by atoms with E-state index in [-0.39, 0.29) is 27.7 Å². The van der Waals surface area contributed by atoms with Crippen LogP contribution in [0.25, 0.3) is 0 Å². The summed E-state index contributed by atoms with van der Waals surface area (Å²) in [5.41, 5.74) is 2.85. The third kappa shape index (κ3) is 85.9. The summed E-state index contributed by atoms with van der Waals surface area (Å²) in [7, 11) is 0. The van der Waals surface area contributed by atoms with Crippen molar-refractivity contribution in [3.05, 3.63) is 0 Å². The van der Waals surface area contributed by atoms with Crippen molar-refractivity contribution in [2.24, 2.45) is 23.2 Å². The molecule has 582 valence electrons. The molecule has 9 nitrogen and oxygen atoms in total. The van der Waals surface area contributed by atoms with Gasteiger partial charge in [0.2, 0.25) is 0 Å². The quantitative estimate of drug-likeness (QED) is 0.0311. The van der Waals surface area contributed by atoms with Gasteiger partial charge in [0.1, 0.15) is 0 Å². The molecule has 0 saturated carbocycles. The van der Waals surface area contributed by atoms with Gasteiger partial charge in [0.15, 0.2) is 0 Å². The molecule has 94 heavy (non-hydrogen) atoms. The molecule has 0 saturated heterocycles. The van der Waals surface area contributed by atoms with E-state index in [0.29, 0.717) is 52.2 Å². The molecule has 0 radical (unpaired) electrons. The second-order valence-electron chi connectivity index (χ2n) is 35.6. The zero-order chi connectivity index (χ0) is 76.6. The molecule has 0 heterocycles. The molecule has 9 heteroatoms. The average Bonchev–Trinajstić information content (AvgIpc) is 0.902. The van der Waals surface area contributed by atoms with Crippen molar-refractivity contribution in [2.45, 2.75) is 508 Å². The summed E-state index contributed by atoms with van der Waals surface area (Å²) >= 11 is 0. The molecule has 0 fully saturated rings. The Bertz CT molecular complexity index is 1390. The van der Waals surface area contributed by atoms with Gasteiger partial charge in [-0.1, -0.05) is 227 Å². The summed E-state index contributed by atoms with van der Waals surface area (Å²) in [5.74, 6) is 2.45. The van der Waals surface area contributed by atoms with Gasteiger partial charge in [0.25, 0.3) is 0 Å². The summed E-state index contributed by atoms with van der Waals surface area (Å²) in [6.07, 6.45) is 22.2. The molecule has 0 aromatic rings. The molecule has 0 bridgehead atoms. The van der Waals surface area contributed by atoms with Crippen LogP contribution in [-0.2, 0) is 0 Å². The van der Waals surface area contributed by atoms with Gasteiger partial charge in [-0.05, 0) is 250 Å². The molecular weight excluding hydrogens is 1150 g/mol. The van der Waals surface area contributed by atoms with Gasteiger partial charge in [0.05, 0.1) is 0 Å². The van der Waals surface area contributed by atoms with E-state index in [9.17, 15) is 0 Å². The van der Waals surface area contributed by atoms with Gasteiger partial charge in [-0.2, -0.15) is 0 Å². The fourth-order valence-electron chi connectivity index (χ4n) is 10.5. The van der Waals surface area contributed by atoms with Gasteiger partial charge in [-0.15, -0.1) is 0 Å². The lowest BCUT2D eigenvalue weighted by Gasteiger charge is -2.39. The second kappa shape index (κ2) is 62.4. The molecule has 0 aliphatic carbocycles. The molecule has 0 rings (SSSR count). The van der Waals surface area contributed by atoms with E-state index in [1.165, 1.54) is 116 Å². The number of hydrogen-bond donors (Lipinski definition) is 9. The van der Waals surface area contributed by atoms with Crippen molar-refractivity contribution in [3.8, 4) is 0 Å². The Balaban J connectivity index is -0.000000124. The highest BCUT2D eigenvalue weighted by Crippen LogP contribution is 2.24. The highest BCUT2D eigenvalue weighted by Gasteiger charge is 2.29. The van der Waals surface area contributed by atoms with Gasteiger partial charge in [-0.3, -0.25) is 0 Å². The van der Waals surface area contributed by atoms with Crippen LogP contribution in [0, 0.1) is 23.2 Å². The summed E-state index contributed by atoms with van der Waals surface area (Å²) < 4.78 is 0. The van der Waals surface area contributed by atoms with E-state index < -0.39 is 0 Å². The van der Waals surface area contributed by atoms with Gasteiger partial charge in [-0.25, -0.2) is 0 Å². The first kappa shape index (κ1) is 112. The lowest BCUT2D eigenvalue weighted by Crippen LogP contribution is -2.53. The van der Waals surface area contributed by atoms with Gasteiger partial charge >= 0.3 is 0 Å². The third-order valence-electron chi connectivity index (χ3n) is 17.9. The van der Waals surface area contributed by atoms with E-state index in [1.54, 1.807) is 0 Å². The largest absolute Gasteiger partial charge is 0.316 e. The minimum Gasteiger partial charge on any atom is -0.316 e. The van der Waals surface area contributed by atoms with Crippen molar-refractivity contribution < 1.29 is 0 Å². The van der Waals surface area contributed by atoms with E-state index in [4.69, 9.17) is 0 Å². The first-order valence-electron chi connectivity index (χ1n) is 40.5. The lowest BCUT2D eigenvalue weighted by molar-refractivity contribution is 0.219. The minimum absolute atomic E-state index is 0.238. The van der Waals surface area contributed by atoms with Crippen molar-refractivity contribution in [3.63, 3.8) is 0 Å².